The smallest absolute Gasteiger partial charge is 0.289 e. The van der Waals surface area contributed by atoms with Crippen molar-refractivity contribution in [3.8, 4) is 0 Å². The van der Waals surface area contributed by atoms with Gasteiger partial charge < -0.3 is 19.5 Å². The molecule has 2 aromatic rings. The SMILES string of the molecule is CNCCC1CCN(C(=O)c2occc2CN2C(=O)Cc3ccccc32)CC1.Cl. The number of halogens is 1. The molecule has 1 aromatic carbocycles. The predicted molar refractivity (Wildman–Crippen MR) is 114 cm³/mol. The van der Waals surface area contributed by atoms with Crippen molar-refractivity contribution < 1.29 is 14.0 Å². The lowest BCUT2D eigenvalue weighted by atomic mass is 9.93. The Morgan fingerprint density at radius 2 is 1.97 bits per heavy atom. The number of benzene rings is 1. The minimum absolute atomic E-state index is 0. The second kappa shape index (κ2) is 9.46. The number of carbonyl (C=O) groups is 2. The van der Waals surface area contributed by atoms with Crippen LogP contribution in [0.5, 0.6) is 0 Å². The van der Waals surface area contributed by atoms with Crippen molar-refractivity contribution in [1.29, 1.82) is 0 Å². The van der Waals surface area contributed by atoms with Crippen LogP contribution in [0.4, 0.5) is 5.69 Å². The molecule has 2 amide bonds. The van der Waals surface area contributed by atoms with Crippen molar-refractivity contribution in [2.24, 2.45) is 5.92 Å². The largest absolute Gasteiger partial charge is 0.459 e. The first kappa shape index (κ1) is 21.4. The van der Waals surface area contributed by atoms with Crippen LogP contribution in [0.15, 0.2) is 41.0 Å². The van der Waals surface area contributed by atoms with Gasteiger partial charge in [-0.1, -0.05) is 18.2 Å². The standard InChI is InChI=1S/C22H27N3O3.ClH/c1-23-10-6-16-7-11-24(12-8-16)22(27)21-18(9-13-28-21)15-25-19-5-3-2-4-17(19)14-20(25)26;/h2-5,9,13,16,23H,6-8,10-12,14-15H2,1H3;1H. The fourth-order valence-electron chi connectivity index (χ4n) is 4.22. The number of piperidine rings is 1. The van der Waals surface area contributed by atoms with Crippen LogP contribution < -0.4 is 10.2 Å². The first-order valence-electron chi connectivity index (χ1n) is 10.1. The highest BCUT2D eigenvalue weighted by molar-refractivity contribution is 6.01. The zero-order valence-electron chi connectivity index (χ0n) is 16.7. The van der Waals surface area contributed by atoms with Crippen molar-refractivity contribution in [2.45, 2.75) is 32.2 Å². The summed E-state index contributed by atoms with van der Waals surface area (Å²) in [5.41, 5.74) is 2.73. The number of rotatable bonds is 6. The summed E-state index contributed by atoms with van der Waals surface area (Å²) < 4.78 is 5.57. The van der Waals surface area contributed by atoms with E-state index in [0.717, 1.165) is 55.7 Å². The lowest BCUT2D eigenvalue weighted by Gasteiger charge is -2.31. The molecule has 0 spiro atoms. The quantitative estimate of drug-likeness (QED) is 0.783. The van der Waals surface area contributed by atoms with E-state index >= 15 is 0 Å². The predicted octanol–water partition coefficient (Wildman–Crippen LogP) is 3.25. The zero-order valence-corrected chi connectivity index (χ0v) is 17.5. The van der Waals surface area contributed by atoms with Crippen molar-refractivity contribution in [2.75, 3.05) is 31.6 Å². The highest BCUT2D eigenvalue weighted by Crippen LogP contribution is 2.31. The van der Waals surface area contributed by atoms with Gasteiger partial charge in [-0.15, -0.1) is 12.4 Å². The van der Waals surface area contributed by atoms with Crippen molar-refractivity contribution in [1.82, 2.24) is 10.2 Å². The Hall–Kier alpha value is -2.31. The molecule has 1 N–H and O–H groups in total. The van der Waals surface area contributed by atoms with E-state index in [9.17, 15) is 9.59 Å². The Labute approximate surface area is 177 Å². The molecule has 0 saturated carbocycles. The zero-order chi connectivity index (χ0) is 19.5. The van der Waals surface area contributed by atoms with Crippen LogP contribution in [0, 0.1) is 5.92 Å². The Balaban J connectivity index is 0.00000240. The van der Waals surface area contributed by atoms with E-state index in [-0.39, 0.29) is 24.2 Å². The van der Waals surface area contributed by atoms with Crippen LogP contribution in [0.3, 0.4) is 0 Å². The summed E-state index contributed by atoms with van der Waals surface area (Å²) >= 11 is 0. The maximum Gasteiger partial charge on any atom is 0.289 e. The Morgan fingerprint density at radius 1 is 1.21 bits per heavy atom. The number of nitrogens with one attached hydrogen (secondary N) is 1. The molecule has 0 radical (unpaired) electrons. The Kier molecular flexibility index (Phi) is 6.98. The number of hydrogen-bond acceptors (Lipinski definition) is 4. The van der Waals surface area contributed by atoms with Gasteiger partial charge >= 0.3 is 0 Å². The monoisotopic (exact) mass is 417 g/mol. The van der Waals surface area contributed by atoms with E-state index in [4.69, 9.17) is 4.42 Å². The van der Waals surface area contributed by atoms with E-state index in [0.29, 0.717) is 24.6 Å². The minimum atomic E-state index is -0.0630. The number of likely N-dealkylation sites (tertiary alicyclic amines) is 1. The third kappa shape index (κ3) is 4.49. The molecule has 2 aliphatic heterocycles. The van der Waals surface area contributed by atoms with Crippen molar-refractivity contribution in [3.63, 3.8) is 0 Å². The van der Waals surface area contributed by atoms with Crippen LogP contribution in [0.25, 0.3) is 0 Å². The summed E-state index contributed by atoms with van der Waals surface area (Å²) in [5, 5.41) is 3.20. The Morgan fingerprint density at radius 3 is 2.72 bits per heavy atom. The summed E-state index contributed by atoms with van der Waals surface area (Å²) in [6, 6.07) is 9.62. The average molecular weight is 418 g/mol. The molecule has 6 nitrogen and oxygen atoms in total. The third-order valence-corrected chi connectivity index (χ3v) is 5.90. The Bertz CT molecular complexity index is 858. The fraction of sp³-hybridized carbons (Fsp3) is 0.455. The van der Waals surface area contributed by atoms with Crippen LogP contribution >= 0.6 is 12.4 Å². The van der Waals surface area contributed by atoms with Gasteiger partial charge in [-0.2, -0.15) is 0 Å². The molecule has 0 bridgehead atoms. The number of carbonyl (C=O) groups excluding carboxylic acids is 2. The molecule has 0 aliphatic carbocycles. The number of para-hydroxylation sites is 1. The van der Waals surface area contributed by atoms with Gasteiger partial charge in [0.15, 0.2) is 5.76 Å². The van der Waals surface area contributed by atoms with Crippen LogP contribution in [0.1, 0.15) is 40.9 Å². The highest BCUT2D eigenvalue weighted by Gasteiger charge is 2.31. The maximum absolute atomic E-state index is 13.0. The molecule has 156 valence electrons. The molecule has 0 unspecified atom stereocenters. The summed E-state index contributed by atoms with van der Waals surface area (Å²) in [6.07, 6.45) is 5.18. The maximum atomic E-state index is 13.0. The van der Waals surface area contributed by atoms with Crippen LogP contribution in [-0.4, -0.2) is 43.4 Å². The molecule has 1 saturated heterocycles. The van der Waals surface area contributed by atoms with Gasteiger partial charge in [0.1, 0.15) is 0 Å². The van der Waals surface area contributed by atoms with E-state index in [1.807, 2.05) is 36.2 Å². The summed E-state index contributed by atoms with van der Waals surface area (Å²) in [5.74, 6) is 1.04. The van der Waals surface area contributed by atoms with Crippen molar-refractivity contribution in [3.05, 3.63) is 53.5 Å². The fourth-order valence-corrected chi connectivity index (χ4v) is 4.22. The van der Waals surface area contributed by atoms with Gasteiger partial charge in [0.25, 0.3) is 5.91 Å². The number of amides is 2. The molecule has 7 heteroatoms. The molecular formula is C22H28ClN3O3. The van der Waals surface area contributed by atoms with E-state index in [2.05, 4.69) is 5.32 Å². The second-order valence-corrected chi connectivity index (χ2v) is 7.69. The van der Waals surface area contributed by atoms with Gasteiger partial charge in [-0.25, -0.2) is 0 Å². The van der Waals surface area contributed by atoms with Crippen LogP contribution in [0.2, 0.25) is 0 Å². The van der Waals surface area contributed by atoms with E-state index in [1.54, 1.807) is 17.2 Å². The summed E-state index contributed by atoms with van der Waals surface area (Å²) in [4.78, 5) is 29.1. The number of anilines is 1. The highest BCUT2D eigenvalue weighted by atomic mass is 35.5. The van der Waals surface area contributed by atoms with Gasteiger partial charge in [0.05, 0.1) is 19.2 Å². The van der Waals surface area contributed by atoms with Crippen molar-refractivity contribution >= 4 is 29.9 Å². The molecule has 4 rings (SSSR count). The lowest BCUT2D eigenvalue weighted by Crippen LogP contribution is -2.39. The second-order valence-electron chi connectivity index (χ2n) is 7.69. The summed E-state index contributed by atoms with van der Waals surface area (Å²) in [7, 11) is 1.97. The molecule has 0 atom stereocenters. The average Bonchev–Trinajstić information content (AvgIpc) is 3.31. The number of nitrogens with zero attached hydrogens (tertiary/aromatic N) is 2. The molecule has 1 fully saturated rings. The van der Waals surface area contributed by atoms with Gasteiger partial charge in [0.2, 0.25) is 5.91 Å². The molecular weight excluding hydrogens is 390 g/mol. The summed E-state index contributed by atoms with van der Waals surface area (Å²) in [6.45, 7) is 2.91. The van der Waals surface area contributed by atoms with Crippen LogP contribution in [-0.2, 0) is 17.8 Å². The first-order chi connectivity index (χ1) is 13.7. The number of furan rings is 1. The normalized spacial score (nSPS) is 16.7. The van der Waals surface area contributed by atoms with Gasteiger partial charge in [-0.05, 0) is 56.5 Å². The van der Waals surface area contributed by atoms with E-state index < -0.39 is 0 Å². The van der Waals surface area contributed by atoms with Gasteiger partial charge in [0, 0.05) is 24.3 Å². The first-order valence-corrected chi connectivity index (χ1v) is 10.1. The molecule has 1 aromatic heterocycles. The molecule has 2 aliphatic rings. The number of fused-ring (bicyclic) bond motifs is 1. The van der Waals surface area contributed by atoms with Gasteiger partial charge in [-0.3, -0.25) is 9.59 Å². The molecule has 29 heavy (non-hydrogen) atoms. The number of hydrogen-bond donors (Lipinski definition) is 1. The minimum Gasteiger partial charge on any atom is -0.459 e. The molecule has 3 heterocycles. The van der Waals surface area contributed by atoms with E-state index in [1.165, 1.54) is 0 Å². The third-order valence-electron chi connectivity index (χ3n) is 5.90. The lowest BCUT2D eigenvalue weighted by molar-refractivity contribution is -0.117. The topological polar surface area (TPSA) is 65.8 Å².